The van der Waals surface area contributed by atoms with Gasteiger partial charge < -0.3 is 14.4 Å². The van der Waals surface area contributed by atoms with Gasteiger partial charge in [0.15, 0.2) is 6.23 Å². The Labute approximate surface area is 133 Å². The molecule has 4 rings (SSSR count). The van der Waals surface area contributed by atoms with E-state index in [1.54, 1.807) is 30.6 Å². The number of nitrogens with zero attached hydrogens (tertiary/aromatic N) is 4. The van der Waals surface area contributed by atoms with Crippen molar-refractivity contribution in [3.63, 3.8) is 0 Å². The van der Waals surface area contributed by atoms with Crippen LogP contribution in [-0.4, -0.2) is 38.7 Å². The highest BCUT2D eigenvalue weighted by Crippen LogP contribution is 2.22. The van der Waals surface area contributed by atoms with Gasteiger partial charge in [-0.3, -0.25) is 4.90 Å². The van der Waals surface area contributed by atoms with Gasteiger partial charge in [-0.25, -0.2) is 9.98 Å². The molecule has 23 heavy (non-hydrogen) atoms. The zero-order valence-electron chi connectivity index (χ0n) is 12.6. The van der Waals surface area contributed by atoms with Gasteiger partial charge in [0.2, 0.25) is 0 Å². The minimum atomic E-state index is -0.762. The Kier molecular flexibility index (Phi) is 3.24. The first-order chi connectivity index (χ1) is 11.2. The van der Waals surface area contributed by atoms with Gasteiger partial charge in [0.1, 0.15) is 11.6 Å². The molecule has 0 aliphatic carbocycles. The molecule has 0 saturated carbocycles. The third-order valence-corrected chi connectivity index (χ3v) is 3.91. The molecule has 0 saturated heterocycles. The smallest absolute Gasteiger partial charge is 0.153 e. The Morgan fingerprint density at radius 1 is 1.26 bits per heavy atom. The Morgan fingerprint density at radius 3 is 3.00 bits per heavy atom. The fourth-order valence-electron chi connectivity index (χ4n) is 2.75. The molecule has 2 aromatic rings. The number of fused-ring (bicyclic) bond motifs is 2. The molecule has 1 N–H and O–H groups in total. The number of rotatable bonds is 3. The monoisotopic (exact) mass is 308 g/mol. The minimum absolute atomic E-state index is 0.559. The summed E-state index contributed by atoms with van der Waals surface area (Å²) in [7, 11) is 1.60. The second kappa shape index (κ2) is 5.40. The van der Waals surface area contributed by atoms with Crippen LogP contribution in [0, 0.1) is 0 Å². The van der Waals surface area contributed by atoms with Gasteiger partial charge in [0.05, 0.1) is 42.9 Å². The molecule has 0 radical (unpaired) electrons. The van der Waals surface area contributed by atoms with Gasteiger partial charge in [-0.2, -0.15) is 0 Å². The summed E-state index contributed by atoms with van der Waals surface area (Å²) in [5, 5.41) is 10.3. The fourth-order valence-corrected chi connectivity index (χ4v) is 2.75. The van der Waals surface area contributed by atoms with E-state index in [0.29, 0.717) is 18.1 Å². The number of benzene rings is 1. The van der Waals surface area contributed by atoms with E-state index < -0.39 is 6.23 Å². The lowest BCUT2D eigenvalue weighted by Gasteiger charge is -2.30. The molecule has 1 atom stereocenters. The van der Waals surface area contributed by atoms with Crippen molar-refractivity contribution in [3.8, 4) is 0 Å². The SMILES string of the molecule is COC1=CN2C(=NC(Cn3cnc4ccccc43)=CC2O)C=C1. The maximum absolute atomic E-state index is 10.3. The summed E-state index contributed by atoms with van der Waals surface area (Å²) in [5.41, 5.74) is 2.79. The number of hydrogen-bond acceptors (Lipinski definition) is 5. The van der Waals surface area contributed by atoms with Crippen LogP contribution in [0.3, 0.4) is 0 Å². The highest BCUT2D eigenvalue weighted by atomic mass is 16.5. The first kappa shape index (κ1) is 13.8. The molecule has 0 amide bonds. The first-order valence-electron chi connectivity index (χ1n) is 7.34. The van der Waals surface area contributed by atoms with Gasteiger partial charge in [-0.1, -0.05) is 12.1 Å². The number of methoxy groups -OCH3 is 1. The molecule has 1 unspecified atom stereocenters. The quantitative estimate of drug-likeness (QED) is 0.942. The van der Waals surface area contributed by atoms with Crippen LogP contribution in [0.2, 0.25) is 0 Å². The lowest BCUT2D eigenvalue weighted by Crippen LogP contribution is -2.38. The van der Waals surface area contributed by atoms with E-state index in [1.165, 1.54) is 0 Å². The van der Waals surface area contributed by atoms with Gasteiger partial charge in [-0.15, -0.1) is 0 Å². The molecular formula is C17H16N4O2. The van der Waals surface area contributed by atoms with Gasteiger partial charge in [-0.05, 0) is 30.4 Å². The predicted octanol–water partition coefficient (Wildman–Crippen LogP) is 2.01. The molecular weight excluding hydrogens is 292 g/mol. The number of ether oxygens (including phenoxy) is 1. The van der Waals surface area contributed by atoms with E-state index in [1.807, 2.05) is 41.0 Å². The largest absolute Gasteiger partial charge is 0.495 e. The van der Waals surface area contributed by atoms with Crippen LogP contribution >= 0.6 is 0 Å². The van der Waals surface area contributed by atoms with E-state index in [2.05, 4.69) is 9.98 Å². The lowest BCUT2D eigenvalue weighted by molar-refractivity contribution is 0.120. The summed E-state index contributed by atoms with van der Waals surface area (Å²) < 4.78 is 7.21. The summed E-state index contributed by atoms with van der Waals surface area (Å²) in [5.74, 6) is 1.38. The Morgan fingerprint density at radius 2 is 2.13 bits per heavy atom. The van der Waals surface area contributed by atoms with Crippen molar-refractivity contribution in [2.75, 3.05) is 7.11 Å². The number of allylic oxidation sites excluding steroid dienone is 2. The molecule has 6 heteroatoms. The van der Waals surface area contributed by atoms with E-state index in [0.717, 1.165) is 16.7 Å². The highest BCUT2D eigenvalue weighted by Gasteiger charge is 2.23. The molecule has 3 heterocycles. The zero-order chi connectivity index (χ0) is 15.8. The molecule has 0 bridgehead atoms. The molecule has 1 aromatic heterocycles. The fraction of sp³-hybridized carbons (Fsp3) is 0.176. The number of hydrogen-bond donors (Lipinski definition) is 1. The van der Waals surface area contributed by atoms with Crippen molar-refractivity contribution < 1.29 is 9.84 Å². The van der Waals surface area contributed by atoms with E-state index in [4.69, 9.17) is 4.74 Å². The van der Waals surface area contributed by atoms with Crippen LogP contribution in [0.25, 0.3) is 11.0 Å². The van der Waals surface area contributed by atoms with Crippen LogP contribution in [-0.2, 0) is 11.3 Å². The van der Waals surface area contributed by atoms with Gasteiger partial charge in [0, 0.05) is 0 Å². The molecule has 1 aromatic carbocycles. The number of aliphatic hydroxyl groups excluding tert-OH is 1. The third kappa shape index (κ3) is 2.43. The normalized spacial score (nSPS) is 20.0. The predicted molar refractivity (Wildman–Crippen MR) is 87.3 cm³/mol. The third-order valence-electron chi connectivity index (χ3n) is 3.91. The standard InChI is InChI=1S/C17H16N4O2/c1-23-13-6-7-16-19-12(8-17(22)21(16)10-13)9-20-11-18-14-4-2-3-5-15(14)20/h2-8,10-11,17,22H,9H2,1H3. The number of aliphatic imine (C=N–C) groups is 1. The van der Waals surface area contributed by atoms with Crippen molar-refractivity contribution in [2.24, 2.45) is 4.99 Å². The van der Waals surface area contributed by atoms with Crippen molar-refractivity contribution in [1.82, 2.24) is 14.5 Å². The molecule has 116 valence electrons. The summed E-state index contributed by atoms with van der Waals surface area (Å²) in [6.07, 6.45) is 8.18. The number of imidazole rings is 1. The highest BCUT2D eigenvalue weighted by molar-refractivity contribution is 5.96. The second-order valence-corrected chi connectivity index (χ2v) is 5.38. The molecule has 2 aliphatic rings. The summed E-state index contributed by atoms with van der Waals surface area (Å²) in [6.45, 7) is 0.559. The molecule has 2 aliphatic heterocycles. The van der Waals surface area contributed by atoms with Crippen LogP contribution in [0.4, 0.5) is 0 Å². The average Bonchev–Trinajstić information content (AvgIpc) is 2.98. The molecule has 0 fully saturated rings. The maximum atomic E-state index is 10.3. The number of aromatic nitrogens is 2. The molecule has 0 spiro atoms. The van der Waals surface area contributed by atoms with Crippen molar-refractivity contribution >= 4 is 16.9 Å². The average molecular weight is 308 g/mol. The van der Waals surface area contributed by atoms with E-state index in [9.17, 15) is 5.11 Å². The van der Waals surface area contributed by atoms with Crippen LogP contribution in [0.5, 0.6) is 0 Å². The number of aliphatic hydroxyl groups is 1. The van der Waals surface area contributed by atoms with Crippen molar-refractivity contribution in [1.29, 1.82) is 0 Å². The van der Waals surface area contributed by atoms with Crippen LogP contribution in [0.15, 0.2) is 71.5 Å². The minimum Gasteiger partial charge on any atom is -0.495 e. The lowest BCUT2D eigenvalue weighted by atomic mass is 10.2. The maximum Gasteiger partial charge on any atom is 0.153 e. The summed E-state index contributed by atoms with van der Waals surface area (Å²) in [6, 6.07) is 7.95. The summed E-state index contributed by atoms with van der Waals surface area (Å²) >= 11 is 0. The van der Waals surface area contributed by atoms with Crippen molar-refractivity contribution in [2.45, 2.75) is 12.8 Å². The second-order valence-electron chi connectivity index (χ2n) is 5.38. The van der Waals surface area contributed by atoms with Gasteiger partial charge >= 0.3 is 0 Å². The van der Waals surface area contributed by atoms with Gasteiger partial charge in [0.25, 0.3) is 0 Å². The number of para-hydroxylation sites is 2. The van der Waals surface area contributed by atoms with Crippen LogP contribution in [0.1, 0.15) is 0 Å². The van der Waals surface area contributed by atoms with Crippen molar-refractivity contribution in [3.05, 3.63) is 66.5 Å². The Bertz CT molecular complexity index is 876. The Balaban J connectivity index is 1.63. The topological polar surface area (TPSA) is 62.9 Å². The Hall–Kier alpha value is -2.86. The van der Waals surface area contributed by atoms with E-state index in [-0.39, 0.29) is 0 Å². The van der Waals surface area contributed by atoms with E-state index >= 15 is 0 Å². The summed E-state index contributed by atoms with van der Waals surface area (Å²) in [4.78, 5) is 10.7. The molecule has 6 nitrogen and oxygen atoms in total. The zero-order valence-corrected chi connectivity index (χ0v) is 12.6. The first-order valence-corrected chi connectivity index (χ1v) is 7.34. The number of amidine groups is 1. The van der Waals surface area contributed by atoms with Crippen LogP contribution < -0.4 is 0 Å².